The molecule has 1 heterocycles. The molecule has 0 bridgehead atoms. The van der Waals surface area contributed by atoms with Crippen molar-refractivity contribution in [1.82, 2.24) is 5.32 Å². The van der Waals surface area contributed by atoms with Gasteiger partial charge >= 0.3 is 5.97 Å². The fraction of sp³-hybridized carbons (Fsp3) is 0.118. The predicted molar refractivity (Wildman–Crippen MR) is 76.9 cm³/mol. The molecule has 3 nitrogen and oxygen atoms in total. The maximum absolute atomic E-state index is 12.5. The molecular weight excluding hydrogens is 250 g/mol. The Morgan fingerprint density at radius 1 is 1.00 bits per heavy atom. The van der Waals surface area contributed by atoms with Gasteiger partial charge in [0, 0.05) is 0 Å². The minimum Gasteiger partial charge on any atom is -0.441 e. The standard InChI is InChI=1S/C17H15NO2/c1-2-15-18-17(16(19)20-15,13-9-5-3-6-10-13)14-11-7-4-8-12-14/h2-12,15,18H,1H2. The molecule has 0 aliphatic carbocycles. The van der Waals surface area contributed by atoms with Crippen LogP contribution in [0.15, 0.2) is 73.3 Å². The molecule has 0 amide bonds. The minimum absolute atomic E-state index is 0.306. The Labute approximate surface area is 117 Å². The highest BCUT2D eigenvalue weighted by Gasteiger charge is 2.50. The summed E-state index contributed by atoms with van der Waals surface area (Å²) in [6.45, 7) is 3.69. The Hall–Kier alpha value is -2.39. The largest absolute Gasteiger partial charge is 0.441 e. The molecule has 3 rings (SSSR count). The number of hydrogen-bond acceptors (Lipinski definition) is 3. The van der Waals surface area contributed by atoms with E-state index in [1.54, 1.807) is 6.08 Å². The first-order chi connectivity index (χ1) is 9.77. The number of carbonyl (C=O) groups excluding carboxylic acids is 1. The lowest BCUT2D eigenvalue weighted by Gasteiger charge is -2.26. The Bertz CT molecular complexity index is 582. The van der Waals surface area contributed by atoms with E-state index < -0.39 is 11.8 Å². The van der Waals surface area contributed by atoms with Crippen LogP contribution in [0.5, 0.6) is 0 Å². The van der Waals surface area contributed by atoms with Crippen LogP contribution in [0.4, 0.5) is 0 Å². The second kappa shape index (κ2) is 4.94. The van der Waals surface area contributed by atoms with Crippen molar-refractivity contribution in [1.29, 1.82) is 0 Å². The molecule has 1 fully saturated rings. The smallest absolute Gasteiger partial charge is 0.337 e. The summed E-state index contributed by atoms with van der Waals surface area (Å²) in [6.07, 6.45) is 1.11. The third kappa shape index (κ3) is 1.84. The minimum atomic E-state index is -0.971. The molecule has 1 atom stereocenters. The third-order valence-electron chi connectivity index (χ3n) is 3.53. The lowest BCUT2D eigenvalue weighted by Crippen LogP contribution is -2.45. The monoisotopic (exact) mass is 265 g/mol. The van der Waals surface area contributed by atoms with Crippen molar-refractivity contribution >= 4 is 5.97 Å². The molecule has 0 spiro atoms. The van der Waals surface area contributed by atoms with Gasteiger partial charge in [-0.25, -0.2) is 4.79 Å². The van der Waals surface area contributed by atoms with E-state index in [2.05, 4.69) is 11.9 Å². The molecule has 1 N–H and O–H groups in total. The molecule has 1 aliphatic heterocycles. The van der Waals surface area contributed by atoms with Crippen LogP contribution in [0.2, 0.25) is 0 Å². The van der Waals surface area contributed by atoms with Gasteiger partial charge in [0.2, 0.25) is 0 Å². The average molecular weight is 265 g/mol. The van der Waals surface area contributed by atoms with E-state index in [1.807, 2.05) is 60.7 Å². The van der Waals surface area contributed by atoms with Gasteiger partial charge in [0.25, 0.3) is 0 Å². The Kier molecular flexibility index (Phi) is 3.12. The van der Waals surface area contributed by atoms with Gasteiger partial charge in [-0.15, -0.1) is 0 Å². The second-order valence-corrected chi connectivity index (χ2v) is 4.69. The topological polar surface area (TPSA) is 38.3 Å². The average Bonchev–Trinajstić information content (AvgIpc) is 2.87. The molecule has 1 saturated heterocycles. The van der Waals surface area contributed by atoms with Crippen LogP contribution in [-0.2, 0) is 15.1 Å². The van der Waals surface area contributed by atoms with E-state index in [0.717, 1.165) is 11.1 Å². The van der Waals surface area contributed by atoms with Crippen LogP contribution in [0.25, 0.3) is 0 Å². The molecular formula is C17H15NO2. The highest BCUT2D eigenvalue weighted by molar-refractivity contribution is 5.89. The van der Waals surface area contributed by atoms with Gasteiger partial charge in [-0.2, -0.15) is 0 Å². The van der Waals surface area contributed by atoms with Gasteiger partial charge in [0.05, 0.1) is 0 Å². The summed E-state index contributed by atoms with van der Waals surface area (Å²) in [5.74, 6) is -0.306. The molecule has 1 unspecified atom stereocenters. The molecule has 2 aromatic carbocycles. The number of hydrogen-bond donors (Lipinski definition) is 1. The van der Waals surface area contributed by atoms with Crippen molar-refractivity contribution in [2.75, 3.05) is 0 Å². The number of esters is 1. The maximum Gasteiger partial charge on any atom is 0.337 e. The Morgan fingerprint density at radius 3 is 1.90 bits per heavy atom. The van der Waals surface area contributed by atoms with E-state index in [-0.39, 0.29) is 5.97 Å². The zero-order valence-corrected chi connectivity index (χ0v) is 11.0. The normalized spacial score (nSPS) is 20.4. The fourth-order valence-electron chi connectivity index (χ4n) is 2.56. The van der Waals surface area contributed by atoms with Gasteiger partial charge in [0.15, 0.2) is 11.8 Å². The molecule has 100 valence electrons. The molecule has 0 aromatic heterocycles. The van der Waals surface area contributed by atoms with Crippen molar-refractivity contribution in [3.8, 4) is 0 Å². The first-order valence-corrected chi connectivity index (χ1v) is 6.50. The van der Waals surface area contributed by atoms with Crippen molar-refractivity contribution < 1.29 is 9.53 Å². The van der Waals surface area contributed by atoms with Gasteiger partial charge in [-0.1, -0.05) is 67.2 Å². The third-order valence-corrected chi connectivity index (χ3v) is 3.53. The summed E-state index contributed by atoms with van der Waals surface area (Å²) in [7, 11) is 0. The quantitative estimate of drug-likeness (QED) is 0.685. The number of cyclic esters (lactones) is 1. The number of benzene rings is 2. The van der Waals surface area contributed by atoms with E-state index >= 15 is 0 Å². The molecule has 0 radical (unpaired) electrons. The van der Waals surface area contributed by atoms with Gasteiger partial charge in [0.1, 0.15) is 0 Å². The Morgan fingerprint density at radius 2 is 1.50 bits per heavy atom. The van der Waals surface area contributed by atoms with Crippen LogP contribution < -0.4 is 5.32 Å². The Balaban J connectivity index is 2.19. The number of carbonyl (C=O) groups is 1. The van der Waals surface area contributed by atoms with Gasteiger partial charge < -0.3 is 4.74 Å². The van der Waals surface area contributed by atoms with E-state index in [0.29, 0.717) is 0 Å². The van der Waals surface area contributed by atoms with Crippen LogP contribution in [-0.4, -0.2) is 12.2 Å². The highest BCUT2D eigenvalue weighted by Crippen LogP contribution is 2.35. The lowest BCUT2D eigenvalue weighted by molar-refractivity contribution is -0.143. The van der Waals surface area contributed by atoms with Crippen molar-refractivity contribution in [2.24, 2.45) is 0 Å². The van der Waals surface area contributed by atoms with Crippen molar-refractivity contribution in [2.45, 2.75) is 11.8 Å². The summed E-state index contributed by atoms with van der Waals surface area (Å²) in [6, 6.07) is 19.2. The molecule has 3 heteroatoms. The summed E-state index contributed by atoms with van der Waals surface area (Å²) in [5, 5.41) is 3.25. The number of rotatable bonds is 3. The summed E-state index contributed by atoms with van der Waals surface area (Å²) in [4.78, 5) is 12.5. The number of nitrogens with one attached hydrogen (secondary N) is 1. The fourth-order valence-corrected chi connectivity index (χ4v) is 2.56. The molecule has 1 aliphatic rings. The van der Waals surface area contributed by atoms with Crippen molar-refractivity contribution in [3.63, 3.8) is 0 Å². The van der Waals surface area contributed by atoms with Gasteiger partial charge in [-0.05, 0) is 17.2 Å². The summed E-state index contributed by atoms with van der Waals surface area (Å²) >= 11 is 0. The van der Waals surface area contributed by atoms with E-state index in [1.165, 1.54) is 0 Å². The molecule has 20 heavy (non-hydrogen) atoms. The lowest BCUT2D eigenvalue weighted by atomic mass is 9.83. The summed E-state index contributed by atoms with van der Waals surface area (Å²) < 4.78 is 5.37. The van der Waals surface area contributed by atoms with Crippen LogP contribution in [0, 0.1) is 0 Å². The van der Waals surface area contributed by atoms with Crippen molar-refractivity contribution in [3.05, 3.63) is 84.4 Å². The zero-order valence-electron chi connectivity index (χ0n) is 11.0. The SMILES string of the molecule is C=CC1NC(c2ccccc2)(c2ccccc2)C(=O)O1. The predicted octanol–water partition coefficient (Wildman–Crippen LogP) is 2.59. The second-order valence-electron chi connectivity index (χ2n) is 4.69. The zero-order chi connectivity index (χ0) is 14.0. The van der Waals surface area contributed by atoms with E-state index in [4.69, 9.17) is 4.74 Å². The number of ether oxygens (including phenoxy) is 1. The van der Waals surface area contributed by atoms with Gasteiger partial charge in [-0.3, -0.25) is 5.32 Å². The maximum atomic E-state index is 12.5. The van der Waals surface area contributed by atoms with Crippen LogP contribution in [0.3, 0.4) is 0 Å². The van der Waals surface area contributed by atoms with E-state index in [9.17, 15) is 4.79 Å². The highest BCUT2D eigenvalue weighted by atomic mass is 16.6. The van der Waals surface area contributed by atoms with Crippen LogP contribution in [0.1, 0.15) is 11.1 Å². The first-order valence-electron chi connectivity index (χ1n) is 6.50. The first kappa shape index (κ1) is 12.6. The molecule has 2 aromatic rings. The summed E-state index contributed by atoms with van der Waals surface area (Å²) in [5.41, 5.74) is 0.752. The molecule has 0 saturated carbocycles. The van der Waals surface area contributed by atoms with Crippen LogP contribution >= 0.6 is 0 Å².